The molecule has 0 aliphatic carbocycles. The molecule has 7 saturated heterocycles. The van der Waals surface area contributed by atoms with Gasteiger partial charge in [-0.25, -0.2) is 0 Å². The molecular formula is C44H75NO34. The lowest BCUT2D eigenvalue weighted by Crippen LogP contribution is -2.72. The molecule has 7 rings (SSSR count). The van der Waals surface area contributed by atoms with Crippen molar-refractivity contribution in [2.75, 3.05) is 33.0 Å². The van der Waals surface area contributed by atoms with Crippen LogP contribution in [0.4, 0.5) is 0 Å². The van der Waals surface area contributed by atoms with Gasteiger partial charge < -0.3 is 169 Å². The number of aliphatic hydroxyl groups is 20. The number of nitrogens with one attached hydrogen (secondary N) is 1. The summed E-state index contributed by atoms with van der Waals surface area (Å²) in [6.45, 7) is -1.74. The summed E-state index contributed by atoms with van der Waals surface area (Å²) in [5.41, 5.74) is 0. The molecule has 0 aromatic heterocycles. The van der Waals surface area contributed by atoms with Crippen LogP contribution in [0.25, 0.3) is 0 Å². The van der Waals surface area contributed by atoms with Crippen LogP contribution in [0.5, 0.6) is 0 Å². The Balaban J connectivity index is 1.29. The van der Waals surface area contributed by atoms with E-state index in [4.69, 9.17) is 61.6 Å². The number of ether oxygens (including phenoxy) is 13. The zero-order valence-electron chi connectivity index (χ0n) is 42.4. The van der Waals surface area contributed by atoms with Crippen LogP contribution in [0, 0.1) is 0 Å². The SMILES string of the molecule is CC(=O)N[C@H]1[C@H](O[C@H]2[C@@H](O)[C@@H](CO)O[C@@H](O[C@H]3[C@H](O)[C@@H](O)[C@H](O)O[C@@H]3CO)[C@@H]2O)O[C@H](CO)[C@@H](O[C@@H]2O[C@H](CO)[C@H](O)[C@H](O[C@H]3O[C@H](CO)[C@H](O)[C@H](O)[C@H]3O)[C@H]2O[C@@H]2O[C@@H](C)[C@@H](O)[C@@H](O)[C@@H]2O)[C@@H]1O[C@@H]1O[C@@H](C)[C@@H](O)[C@@H](O)[C@@H]1O. The number of carbonyl (C=O) groups excluding carboxylic acids is 1. The first-order valence-corrected chi connectivity index (χ1v) is 25.4. The number of hydrogen-bond donors (Lipinski definition) is 21. The number of rotatable bonds is 18. The van der Waals surface area contributed by atoms with E-state index in [2.05, 4.69) is 5.32 Å². The lowest BCUT2D eigenvalue weighted by Gasteiger charge is -2.53. The van der Waals surface area contributed by atoms with E-state index in [1.807, 2.05) is 0 Å². The third-order valence-corrected chi connectivity index (χ3v) is 14.9. The smallest absolute Gasteiger partial charge is 0.217 e. The van der Waals surface area contributed by atoms with Gasteiger partial charge >= 0.3 is 0 Å². The normalized spacial score (nSPS) is 52.9. The van der Waals surface area contributed by atoms with Gasteiger partial charge in [0.15, 0.2) is 44.0 Å². The molecule has 1 amide bonds. The van der Waals surface area contributed by atoms with Gasteiger partial charge in [-0.3, -0.25) is 4.79 Å². The largest absolute Gasteiger partial charge is 0.394 e. The highest BCUT2D eigenvalue weighted by atomic mass is 16.8. The molecule has 0 saturated carbocycles. The van der Waals surface area contributed by atoms with E-state index in [1.165, 1.54) is 13.8 Å². The zero-order valence-corrected chi connectivity index (χ0v) is 42.4. The number of amides is 1. The van der Waals surface area contributed by atoms with Gasteiger partial charge in [-0.2, -0.15) is 0 Å². The topological polar surface area (TPSA) is 554 Å². The van der Waals surface area contributed by atoms with Crippen LogP contribution in [-0.2, 0) is 66.4 Å². The summed E-state index contributed by atoms with van der Waals surface area (Å²) in [6.07, 6.45) is -66.5. The molecule has 7 fully saturated rings. The highest BCUT2D eigenvalue weighted by Crippen LogP contribution is 2.39. The highest BCUT2D eigenvalue weighted by Gasteiger charge is 2.60. The van der Waals surface area contributed by atoms with Gasteiger partial charge in [-0.05, 0) is 13.8 Å². The molecule has 0 bridgehead atoms. The molecule has 7 heterocycles. The van der Waals surface area contributed by atoms with Gasteiger partial charge in [-0.1, -0.05) is 0 Å². The molecular weight excluding hydrogens is 1090 g/mol. The van der Waals surface area contributed by atoms with Gasteiger partial charge in [0.25, 0.3) is 0 Å². The molecule has 79 heavy (non-hydrogen) atoms. The molecule has 7 aliphatic heterocycles. The fraction of sp³-hybridized carbons (Fsp3) is 0.977. The Morgan fingerprint density at radius 1 is 0.329 bits per heavy atom. The molecule has 35 nitrogen and oxygen atoms in total. The van der Waals surface area contributed by atoms with Crippen LogP contribution in [-0.4, -0.2) is 356 Å². The summed E-state index contributed by atoms with van der Waals surface area (Å²) in [7, 11) is 0. The third-order valence-electron chi connectivity index (χ3n) is 14.9. The predicted octanol–water partition coefficient (Wildman–Crippen LogP) is -14.1. The highest BCUT2D eigenvalue weighted by molar-refractivity contribution is 5.73. The summed E-state index contributed by atoms with van der Waals surface area (Å²) in [4.78, 5) is 13.3. The van der Waals surface area contributed by atoms with Crippen LogP contribution in [0.15, 0.2) is 0 Å². The van der Waals surface area contributed by atoms with Gasteiger partial charge in [0.2, 0.25) is 5.91 Å². The Kier molecular flexibility index (Phi) is 22.5. The molecule has 0 aromatic rings. The molecule has 7 aliphatic rings. The van der Waals surface area contributed by atoms with Crippen molar-refractivity contribution >= 4 is 5.91 Å². The third kappa shape index (κ3) is 13.5. The fourth-order valence-electron chi connectivity index (χ4n) is 10.3. The minimum absolute atomic E-state index is 0.940. The van der Waals surface area contributed by atoms with Crippen LogP contribution in [0.1, 0.15) is 20.8 Å². The van der Waals surface area contributed by atoms with Crippen LogP contribution >= 0.6 is 0 Å². The second-order valence-electron chi connectivity index (χ2n) is 20.3. The van der Waals surface area contributed by atoms with Crippen molar-refractivity contribution in [1.82, 2.24) is 5.32 Å². The number of aliphatic hydroxyl groups excluding tert-OH is 20. The Labute approximate surface area is 447 Å². The first-order valence-electron chi connectivity index (χ1n) is 25.4. The fourth-order valence-corrected chi connectivity index (χ4v) is 10.3. The first-order chi connectivity index (χ1) is 37.3. The lowest BCUT2D eigenvalue weighted by molar-refractivity contribution is -0.411. The molecule has 0 aromatic carbocycles. The summed E-state index contributed by atoms with van der Waals surface area (Å²) in [6, 6.07) is -1.94. The maximum Gasteiger partial charge on any atom is 0.217 e. The van der Waals surface area contributed by atoms with Crippen molar-refractivity contribution in [3.8, 4) is 0 Å². The molecule has 35 heteroatoms. The second-order valence-corrected chi connectivity index (χ2v) is 20.3. The quantitative estimate of drug-likeness (QED) is 0.0606. The number of hydrogen-bond acceptors (Lipinski definition) is 34. The summed E-state index contributed by atoms with van der Waals surface area (Å²) >= 11 is 0. The lowest BCUT2D eigenvalue weighted by atomic mass is 9.93. The summed E-state index contributed by atoms with van der Waals surface area (Å²) in [5.74, 6) is -0.944. The standard InChI is InChI=1S/C44H75NO34/c1-9-18(52)23(57)28(62)40(67-9)76-34-17(45-11(3)51)39(77-35-21(55)13(5-47)71-43(31(35)65)74-32-15(7-49)69-38(66)27(61)26(32)60)73-16(8-50)33(34)75-44-37(79-41-29(63)24(58)19(53)10(2)68-41)36(22(56)14(6-48)72-44)78-42-30(64)25(59)20(54)12(4-46)70-42/h9-10,12-44,46-50,52-66H,4-8H2,1-3H3,(H,45,51)/t9-,10-,12+,13+,14+,15+,16+,17+,18+,19+,20-,21-,22-,23+,24+,25-,26+,27+,28-,29-,30+,31+,32+,33+,34+,35-,36-,37+,38+,39-,40-,41-,42+,43-,44-/m0/s1. The minimum atomic E-state index is -2.24. The zero-order chi connectivity index (χ0) is 58.2. The van der Waals surface area contributed by atoms with Crippen LogP contribution in [0.3, 0.4) is 0 Å². The van der Waals surface area contributed by atoms with E-state index in [1.54, 1.807) is 0 Å². The Bertz CT molecular complexity index is 1900. The van der Waals surface area contributed by atoms with E-state index >= 15 is 0 Å². The molecule has 460 valence electrons. The first kappa shape index (κ1) is 64.7. The van der Waals surface area contributed by atoms with Gasteiger partial charge in [-0.15, -0.1) is 0 Å². The van der Waals surface area contributed by atoms with Crippen molar-refractivity contribution < 1.29 is 169 Å². The molecule has 35 atom stereocenters. The maximum absolute atomic E-state index is 13.3. The van der Waals surface area contributed by atoms with Crippen molar-refractivity contribution in [2.24, 2.45) is 0 Å². The van der Waals surface area contributed by atoms with E-state index in [0.717, 1.165) is 6.92 Å². The molecule has 0 unspecified atom stereocenters. The minimum Gasteiger partial charge on any atom is -0.394 e. The molecule has 21 N–H and O–H groups in total. The van der Waals surface area contributed by atoms with Crippen LogP contribution < -0.4 is 5.32 Å². The Hall–Kier alpha value is -1.85. The Morgan fingerprint density at radius 3 is 1.20 bits per heavy atom. The molecule has 0 radical (unpaired) electrons. The van der Waals surface area contributed by atoms with Gasteiger partial charge in [0.1, 0.15) is 159 Å². The average molecular weight is 1160 g/mol. The van der Waals surface area contributed by atoms with Crippen molar-refractivity contribution in [1.29, 1.82) is 0 Å². The predicted molar refractivity (Wildman–Crippen MR) is 241 cm³/mol. The van der Waals surface area contributed by atoms with Gasteiger partial charge in [0.05, 0.1) is 45.2 Å². The summed E-state index contributed by atoms with van der Waals surface area (Å²) < 4.78 is 76.6. The Morgan fingerprint density at radius 2 is 0.696 bits per heavy atom. The number of carbonyl (C=O) groups is 1. The molecule has 0 spiro atoms. The average Bonchev–Trinajstić information content (AvgIpc) is 3.46. The monoisotopic (exact) mass is 1160 g/mol. The maximum atomic E-state index is 13.3. The van der Waals surface area contributed by atoms with Crippen molar-refractivity contribution in [2.45, 2.75) is 236 Å². The van der Waals surface area contributed by atoms with Crippen LogP contribution in [0.2, 0.25) is 0 Å². The van der Waals surface area contributed by atoms with E-state index in [-0.39, 0.29) is 0 Å². The van der Waals surface area contributed by atoms with E-state index in [9.17, 15) is 107 Å². The van der Waals surface area contributed by atoms with E-state index < -0.39 is 254 Å². The van der Waals surface area contributed by atoms with Crippen molar-refractivity contribution in [3.05, 3.63) is 0 Å². The van der Waals surface area contributed by atoms with Crippen molar-refractivity contribution in [3.63, 3.8) is 0 Å². The van der Waals surface area contributed by atoms with E-state index in [0.29, 0.717) is 0 Å². The van der Waals surface area contributed by atoms with Gasteiger partial charge in [0, 0.05) is 6.92 Å². The summed E-state index contributed by atoms with van der Waals surface area (Å²) in [5, 5.41) is 218. The second kappa shape index (κ2) is 27.5.